The zero-order valence-corrected chi connectivity index (χ0v) is 11.1. The minimum absolute atomic E-state index is 0.208. The van der Waals surface area contributed by atoms with Crippen LogP contribution in [-0.4, -0.2) is 47.2 Å². The number of aryl methyl sites for hydroxylation is 1. The molecule has 2 rings (SSSR count). The third-order valence-corrected chi connectivity index (χ3v) is 3.55. The van der Waals surface area contributed by atoms with Crippen molar-refractivity contribution >= 4 is 5.91 Å². The Morgan fingerprint density at radius 1 is 1.61 bits per heavy atom. The lowest BCUT2D eigenvalue weighted by molar-refractivity contribution is -0.131. The first-order chi connectivity index (χ1) is 8.70. The lowest BCUT2D eigenvalue weighted by Gasteiger charge is -2.16. The Morgan fingerprint density at radius 2 is 2.44 bits per heavy atom. The van der Waals surface area contributed by atoms with Gasteiger partial charge in [0, 0.05) is 46.1 Å². The van der Waals surface area contributed by atoms with Gasteiger partial charge in [0.25, 0.3) is 0 Å². The molecule has 100 valence electrons. The third-order valence-electron chi connectivity index (χ3n) is 3.55. The number of carbonyl (C=O) groups is 1. The van der Waals surface area contributed by atoms with Crippen LogP contribution in [0.25, 0.3) is 0 Å². The van der Waals surface area contributed by atoms with E-state index >= 15 is 0 Å². The van der Waals surface area contributed by atoms with Gasteiger partial charge in [-0.15, -0.1) is 0 Å². The minimum Gasteiger partial charge on any atom is -0.384 e. The Hall–Kier alpha value is -1.36. The summed E-state index contributed by atoms with van der Waals surface area (Å²) in [5.41, 5.74) is 0. The van der Waals surface area contributed by atoms with Crippen molar-refractivity contribution in [2.24, 2.45) is 13.0 Å². The number of methoxy groups -OCH3 is 1. The van der Waals surface area contributed by atoms with Crippen molar-refractivity contribution in [3.8, 4) is 0 Å². The van der Waals surface area contributed by atoms with Crippen LogP contribution in [-0.2, 0) is 23.0 Å². The second-order valence-corrected chi connectivity index (χ2v) is 4.90. The standard InChI is InChI=1S/C13H21N3O2/c1-15-7-5-14-12(15)9-11-3-6-16(10-11)13(17)4-8-18-2/h5,7,11H,3-4,6,8-10H2,1-2H3/t11-/m0/s1. The average molecular weight is 251 g/mol. The van der Waals surface area contributed by atoms with Crippen LogP contribution in [0.1, 0.15) is 18.7 Å². The molecule has 2 heterocycles. The predicted octanol–water partition coefficient (Wildman–Crippen LogP) is 0.848. The lowest BCUT2D eigenvalue weighted by atomic mass is 10.0. The van der Waals surface area contributed by atoms with Crippen molar-refractivity contribution in [1.29, 1.82) is 0 Å². The summed E-state index contributed by atoms with van der Waals surface area (Å²) in [6, 6.07) is 0. The molecule has 1 atom stereocenters. The average Bonchev–Trinajstić information content (AvgIpc) is 2.97. The Balaban J connectivity index is 1.81. The fraction of sp³-hybridized carbons (Fsp3) is 0.692. The first-order valence-electron chi connectivity index (χ1n) is 6.43. The van der Waals surface area contributed by atoms with Crippen molar-refractivity contribution in [2.75, 3.05) is 26.8 Å². The van der Waals surface area contributed by atoms with Gasteiger partial charge < -0.3 is 14.2 Å². The Bertz CT molecular complexity index is 403. The monoisotopic (exact) mass is 251 g/mol. The quantitative estimate of drug-likeness (QED) is 0.779. The number of hydrogen-bond donors (Lipinski definition) is 0. The predicted molar refractivity (Wildman–Crippen MR) is 68.1 cm³/mol. The summed E-state index contributed by atoms with van der Waals surface area (Å²) < 4.78 is 6.99. The summed E-state index contributed by atoms with van der Waals surface area (Å²) in [4.78, 5) is 18.1. The first-order valence-corrected chi connectivity index (χ1v) is 6.43. The van der Waals surface area contributed by atoms with Gasteiger partial charge in [-0.25, -0.2) is 4.98 Å². The van der Waals surface area contributed by atoms with Gasteiger partial charge in [-0.1, -0.05) is 0 Å². The van der Waals surface area contributed by atoms with Crippen LogP contribution in [0.4, 0.5) is 0 Å². The number of rotatable bonds is 5. The molecule has 1 aromatic heterocycles. The number of hydrogen-bond acceptors (Lipinski definition) is 3. The highest BCUT2D eigenvalue weighted by molar-refractivity contribution is 5.76. The normalized spacial score (nSPS) is 19.4. The Morgan fingerprint density at radius 3 is 3.11 bits per heavy atom. The Kier molecular flexibility index (Phi) is 4.36. The molecular formula is C13H21N3O2. The number of amides is 1. The minimum atomic E-state index is 0.208. The zero-order valence-electron chi connectivity index (χ0n) is 11.1. The highest BCUT2D eigenvalue weighted by atomic mass is 16.5. The molecule has 5 nitrogen and oxygen atoms in total. The van der Waals surface area contributed by atoms with Crippen LogP contribution in [0.3, 0.4) is 0 Å². The first kappa shape index (κ1) is 13.1. The summed E-state index contributed by atoms with van der Waals surface area (Å²) in [6.45, 7) is 2.24. The fourth-order valence-electron chi connectivity index (χ4n) is 2.42. The fourth-order valence-corrected chi connectivity index (χ4v) is 2.42. The lowest BCUT2D eigenvalue weighted by Crippen LogP contribution is -2.29. The molecule has 0 aliphatic carbocycles. The van der Waals surface area contributed by atoms with Gasteiger partial charge in [0.2, 0.25) is 5.91 Å². The maximum absolute atomic E-state index is 11.8. The molecule has 0 saturated carbocycles. The molecule has 1 aliphatic rings. The van der Waals surface area contributed by atoms with Gasteiger partial charge in [-0.2, -0.15) is 0 Å². The second-order valence-electron chi connectivity index (χ2n) is 4.90. The van der Waals surface area contributed by atoms with Gasteiger partial charge in [0.1, 0.15) is 5.82 Å². The van der Waals surface area contributed by atoms with E-state index in [1.807, 2.05) is 24.3 Å². The maximum Gasteiger partial charge on any atom is 0.224 e. The second kappa shape index (κ2) is 6.00. The largest absolute Gasteiger partial charge is 0.384 e. The summed E-state index contributed by atoms with van der Waals surface area (Å²) >= 11 is 0. The summed E-state index contributed by atoms with van der Waals surface area (Å²) in [5, 5.41) is 0. The third kappa shape index (κ3) is 3.10. The van der Waals surface area contributed by atoms with E-state index in [-0.39, 0.29) is 5.91 Å². The van der Waals surface area contributed by atoms with Crippen LogP contribution in [0.2, 0.25) is 0 Å². The summed E-state index contributed by atoms with van der Waals surface area (Å²) in [6.07, 6.45) is 6.31. The van der Waals surface area contributed by atoms with E-state index in [4.69, 9.17) is 4.74 Å². The molecule has 1 fully saturated rings. The molecule has 0 unspecified atom stereocenters. The summed E-state index contributed by atoms with van der Waals surface area (Å²) in [7, 11) is 3.64. The van der Waals surface area contributed by atoms with Crippen molar-refractivity contribution in [3.63, 3.8) is 0 Å². The van der Waals surface area contributed by atoms with E-state index in [1.54, 1.807) is 7.11 Å². The van der Waals surface area contributed by atoms with Crippen molar-refractivity contribution in [3.05, 3.63) is 18.2 Å². The van der Waals surface area contributed by atoms with Gasteiger partial charge in [-0.3, -0.25) is 4.79 Å². The molecule has 5 heteroatoms. The molecule has 1 saturated heterocycles. The molecule has 0 spiro atoms. The van der Waals surface area contributed by atoms with E-state index in [1.165, 1.54) is 0 Å². The van der Waals surface area contributed by atoms with Crippen LogP contribution in [0.15, 0.2) is 12.4 Å². The number of carbonyl (C=O) groups excluding carboxylic acids is 1. The smallest absolute Gasteiger partial charge is 0.224 e. The number of ether oxygens (including phenoxy) is 1. The van der Waals surface area contributed by atoms with E-state index in [0.29, 0.717) is 18.9 Å². The number of likely N-dealkylation sites (tertiary alicyclic amines) is 1. The molecule has 1 amide bonds. The van der Waals surface area contributed by atoms with Crippen molar-refractivity contribution < 1.29 is 9.53 Å². The Labute approximate surface area is 108 Å². The van der Waals surface area contributed by atoms with Crippen LogP contribution in [0, 0.1) is 5.92 Å². The van der Waals surface area contributed by atoms with Gasteiger partial charge in [-0.05, 0) is 12.3 Å². The van der Waals surface area contributed by atoms with Crippen molar-refractivity contribution in [2.45, 2.75) is 19.3 Å². The van der Waals surface area contributed by atoms with Gasteiger partial charge in [0.15, 0.2) is 0 Å². The van der Waals surface area contributed by atoms with Crippen LogP contribution >= 0.6 is 0 Å². The van der Waals surface area contributed by atoms with Gasteiger partial charge in [0.05, 0.1) is 13.0 Å². The topological polar surface area (TPSA) is 47.4 Å². The molecule has 0 bridgehead atoms. The molecule has 0 aromatic carbocycles. The van der Waals surface area contributed by atoms with E-state index in [0.717, 1.165) is 31.8 Å². The molecule has 18 heavy (non-hydrogen) atoms. The molecule has 1 aromatic rings. The zero-order chi connectivity index (χ0) is 13.0. The number of imidazole rings is 1. The molecule has 0 radical (unpaired) electrons. The van der Waals surface area contributed by atoms with E-state index in [9.17, 15) is 4.79 Å². The number of nitrogens with zero attached hydrogens (tertiary/aromatic N) is 3. The van der Waals surface area contributed by atoms with Gasteiger partial charge >= 0.3 is 0 Å². The van der Waals surface area contributed by atoms with Crippen molar-refractivity contribution in [1.82, 2.24) is 14.5 Å². The van der Waals surface area contributed by atoms with E-state index in [2.05, 4.69) is 9.55 Å². The molecular weight excluding hydrogens is 230 g/mol. The maximum atomic E-state index is 11.8. The summed E-state index contributed by atoms with van der Waals surface area (Å²) in [5.74, 6) is 1.85. The highest BCUT2D eigenvalue weighted by Crippen LogP contribution is 2.20. The number of aromatic nitrogens is 2. The molecule has 0 N–H and O–H groups in total. The molecule has 1 aliphatic heterocycles. The van der Waals surface area contributed by atoms with E-state index < -0.39 is 0 Å². The highest BCUT2D eigenvalue weighted by Gasteiger charge is 2.26. The van der Waals surface area contributed by atoms with Crippen LogP contribution < -0.4 is 0 Å². The van der Waals surface area contributed by atoms with Crippen LogP contribution in [0.5, 0.6) is 0 Å². The SMILES string of the molecule is COCCC(=O)N1CC[C@@H](Cc2nccn2C)C1.